The van der Waals surface area contributed by atoms with Crippen molar-refractivity contribution in [2.75, 3.05) is 19.6 Å². The van der Waals surface area contributed by atoms with E-state index in [4.69, 9.17) is 5.73 Å². The Bertz CT molecular complexity index is 433. The Morgan fingerprint density at radius 3 is 2.40 bits per heavy atom. The molecular weight excluding hydrogens is 272 g/mol. The Morgan fingerprint density at radius 1 is 1.30 bits per heavy atom. The van der Waals surface area contributed by atoms with E-state index in [9.17, 15) is 4.79 Å². The summed E-state index contributed by atoms with van der Waals surface area (Å²) in [4.78, 5) is 14.3. The molecule has 1 fully saturated rings. The summed E-state index contributed by atoms with van der Waals surface area (Å²) in [5, 5.41) is 0. The van der Waals surface area contributed by atoms with Crippen molar-refractivity contribution in [1.29, 1.82) is 0 Å². The van der Waals surface area contributed by atoms with Gasteiger partial charge in [0.25, 0.3) is 0 Å². The first-order chi connectivity index (χ1) is 9.04. The lowest BCUT2D eigenvalue weighted by atomic mass is 10.1. The largest absolute Gasteiger partial charge is 0.341 e. The molecule has 112 valence electrons. The minimum atomic E-state index is 0. The standard InChI is InChI=1S/C16H24N2O.ClH/c1-16(2)12-14(16)15(19)18(11-9-17)10-8-13-6-4-3-5-7-13;/h3-7,14H,8-12,17H2,1-2H3;1H. The van der Waals surface area contributed by atoms with Crippen LogP contribution in [0.5, 0.6) is 0 Å². The topological polar surface area (TPSA) is 46.3 Å². The van der Waals surface area contributed by atoms with Gasteiger partial charge >= 0.3 is 0 Å². The molecule has 1 atom stereocenters. The van der Waals surface area contributed by atoms with E-state index in [2.05, 4.69) is 26.0 Å². The van der Waals surface area contributed by atoms with Gasteiger partial charge in [-0.15, -0.1) is 12.4 Å². The molecule has 1 aromatic carbocycles. The number of rotatable bonds is 6. The van der Waals surface area contributed by atoms with Crippen LogP contribution < -0.4 is 5.73 Å². The number of hydrogen-bond acceptors (Lipinski definition) is 2. The SMILES string of the molecule is CC1(C)CC1C(=O)N(CCN)CCc1ccccc1.Cl. The molecule has 0 heterocycles. The molecule has 1 aromatic rings. The third kappa shape index (κ3) is 4.22. The zero-order chi connectivity index (χ0) is 13.9. The number of halogens is 1. The molecule has 0 radical (unpaired) electrons. The van der Waals surface area contributed by atoms with Crippen LogP contribution in [0.4, 0.5) is 0 Å². The van der Waals surface area contributed by atoms with Crippen molar-refractivity contribution in [3.8, 4) is 0 Å². The molecule has 3 nitrogen and oxygen atoms in total. The number of benzene rings is 1. The highest BCUT2D eigenvalue weighted by Crippen LogP contribution is 2.52. The highest BCUT2D eigenvalue weighted by molar-refractivity contribution is 5.85. The second-order valence-corrected chi connectivity index (χ2v) is 6.09. The number of carbonyl (C=O) groups is 1. The van der Waals surface area contributed by atoms with Crippen molar-refractivity contribution in [2.24, 2.45) is 17.1 Å². The number of amides is 1. The lowest BCUT2D eigenvalue weighted by Crippen LogP contribution is -2.38. The van der Waals surface area contributed by atoms with Gasteiger partial charge in [-0.2, -0.15) is 0 Å². The van der Waals surface area contributed by atoms with E-state index in [1.54, 1.807) is 0 Å². The molecule has 2 rings (SSSR count). The van der Waals surface area contributed by atoms with Crippen molar-refractivity contribution in [3.63, 3.8) is 0 Å². The Hall–Kier alpha value is -1.06. The lowest BCUT2D eigenvalue weighted by Gasteiger charge is -2.23. The average molecular weight is 297 g/mol. The highest BCUT2D eigenvalue weighted by Gasteiger charge is 2.51. The molecule has 0 spiro atoms. The van der Waals surface area contributed by atoms with Gasteiger partial charge in [-0.3, -0.25) is 4.79 Å². The normalized spacial score (nSPS) is 19.1. The van der Waals surface area contributed by atoms with E-state index < -0.39 is 0 Å². The van der Waals surface area contributed by atoms with Gasteiger partial charge < -0.3 is 10.6 Å². The molecule has 1 aliphatic carbocycles. The first-order valence-electron chi connectivity index (χ1n) is 7.07. The maximum Gasteiger partial charge on any atom is 0.226 e. The summed E-state index contributed by atoms with van der Waals surface area (Å²) in [5.41, 5.74) is 7.09. The number of nitrogens with zero attached hydrogens (tertiary/aromatic N) is 1. The van der Waals surface area contributed by atoms with Crippen LogP contribution in [0.3, 0.4) is 0 Å². The Morgan fingerprint density at radius 2 is 1.90 bits per heavy atom. The Kier molecular flexibility index (Phi) is 6.03. The summed E-state index contributed by atoms with van der Waals surface area (Å²) in [6.45, 7) is 6.29. The maximum atomic E-state index is 12.4. The molecular formula is C16H25ClN2O. The molecule has 20 heavy (non-hydrogen) atoms. The molecule has 1 unspecified atom stereocenters. The molecule has 2 N–H and O–H groups in total. The van der Waals surface area contributed by atoms with Crippen LogP contribution in [0, 0.1) is 11.3 Å². The van der Waals surface area contributed by atoms with E-state index in [1.807, 2.05) is 23.1 Å². The van der Waals surface area contributed by atoms with Crippen molar-refractivity contribution >= 4 is 18.3 Å². The van der Waals surface area contributed by atoms with E-state index in [1.165, 1.54) is 5.56 Å². The van der Waals surface area contributed by atoms with Crippen LogP contribution in [0.25, 0.3) is 0 Å². The summed E-state index contributed by atoms with van der Waals surface area (Å²) < 4.78 is 0. The predicted molar refractivity (Wildman–Crippen MR) is 84.9 cm³/mol. The van der Waals surface area contributed by atoms with Gasteiger partial charge in [-0.25, -0.2) is 0 Å². The summed E-state index contributed by atoms with van der Waals surface area (Å²) >= 11 is 0. The second kappa shape index (κ2) is 7.09. The van der Waals surface area contributed by atoms with Crippen LogP contribution in [-0.4, -0.2) is 30.4 Å². The Labute approximate surface area is 127 Å². The minimum absolute atomic E-state index is 0. The molecule has 1 amide bonds. The zero-order valence-electron chi connectivity index (χ0n) is 12.3. The number of hydrogen-bond donors (Lipinski definition) is 1. The van der Waals surface area contributed by atoms with E-state index >= 15 is 0 Å². The average Bonchev–Trinajstić information content (AvgIpc) is 3.04. The van der Waals surface area contributed by atoms with Crippen molar-refractivity contribution in [3.05, 3.63) is 35.9 Å². The summed E-state index contributed by atoms with van der Waals surface area (Å²) in [5.74, 6) is 0.487. The van der Waals surface area contributed by atoms with Gasteiger partial charge in [0, 0.05) is 25.6 Å². The predicted octanol–water partition coefficient (Wildman–Crippen LogP) is 2.48. The fourth-order valence-electron chi connectivity index (χ4n) is 2.51. The smallest absolute Gasteiger partial charge is 0.226 e. The van der Waals surface area contributed by atoms with Crippen molar-refractivity contribution in [2.45, 2.75) is 26.7 Å². The monoisotopic (exact) mass is 296 g/mol. The number of nitrogens with two attached hydrogens (primary N) is 1. The first-order valence-corrected chi connectivity index (χ1v) is 7.07. The third-order valence-corrected chi connectivity index (χ3v) is 4.04. The molecule has 1 aliphatic rings. The van der Waals surface area contributed by atoms with Crippen molar-refractivity contribution < 1.29 is 4.79 Å². The molecule has 0 aliphatic heterocycles. The van der Waals surface area contributed by atoms with Gasteiger partial charge in [0.15, 0.2) is 0 Å². The zero-order valence-corrected chi connectivity index (χ0v) is 13.2. The van der Waals surface area contributed by atoms with Crippen LogP contribution in [0.2, 0.25) is 0 Å². The van der Waals surface area contributed by atoms with Gasteiger partial charge in [-0.1, -0.05) is 44.2 Å². The van der Waals surface area contributed by atoms with Crippen LogP contribution in [0.15, 0.2) is 30.3 Å². The van der Waals surface area contributed by atoms with Crippen molar-refractivity contribution in [1.82, 2.24) is 4.90 Å². The summed E-state index contributed by atoms with van der Waals surface area (Å²) in [6, 6.07) is 10.3. The Balaban J connectivity index is 0.00000200. The van der Waals surface area contributed by atoms with Gasteiger partial charge in [0.2, 0.25) is 5.91 Å². The fraction of sp³-hybridized carbons (Fsp3) is 0.562. The van der Waals surface area contributed by atoms with Gasteiger partial charge in [-0.05, 0) is 23.8 Å². The molecule has 0 saturated heterocycles. The second-order valence-electron chi connectivity index (χ2n) is 6.09. The quantitative estimate of drug-likeness (QED) is 0.876. The maximum absolute atomic E-state index is 12.4. The van der Waals surface area contributed by atoms with Gasteiger partial charge in [0.1, 0.15) is 0 Å². The first kappa shape index (κ1) is 17.0. The lowest BCUT2D eigenvalue weighted by molar-refractivity contribution is -0.133. The molecule has 4 heteroatoms. The molecule has 1 saturated carbocycles. The van der Waals surface area contributed by atoms with E-state index in [-0.39, 0.29) is 29.6 Å². The van der Waals surface area contributed by atoms with Crippen LogP contribution >= 0.6 is 12.4 Å². The number of carbonyl (C=O) groups excluding carboxylic acids is 1. The molecule has 0 aromatic heterocycles. The van der Waals surface area contributed by atoms with Gasteiger partial charge in [0.05, 0.1) is 0 Å². The molecule has 0 bridgehead atoms. The van der Waals surface area contributed by atoms with Crippen LogP contribution in [0.1, 0.15) is 25.8 Å². The summed E-state index contributed by atoms with van der Waals surface area (Å²) in [6.07, 6.45) is 1.91. The van der Waals surface area contributed by atoms with E-state index in [0.717, 1.165) is 19.4 Å². The van der Waals surface area contributed by atoms with E-state index in [0.29, 0.717) is 13.1 Å². The fourth-order valence-corrected chi connectivity index (χ4v) is 2.51. The highest BCUT2D eigenvalue weighted by atomic mass is 35.5. The summed E-state index contributed by atoms with van der Waals surface area (Å²) in [7, 11) is 0. The minimum Gasteiger partial charge on any atom is -0.341 e. The third-order valence-electron chi connectivity index (χ3n) is 4.04. The van der Waals surface area contributed by atoms with Crippen LogP contribution in [-0.2, 0) is 11.2 Å².